The van der Waals surface area contributed by atoms with Gasteiger partial charge in [0.2, 0.25) is 0 Å². The van der Waals surface area contributed by atoms with E-state index in [0.29, 0.717) is 4.32 Å². The maximum atomic E-state index is 5.09. The Bertz CT molecular complexity index is 534. The Balaban J connectivity index is 0.00000106. The van der Waals surface area contributed by atoms with E-state index in [1.54, 1.807) is 12.4 Å². The van der Waals surface area contributed by atoms with Gasteiger partial charge in [0.25, 0.3) is 0 Å². The Morgan fingerprint density at radius 3 is 2.86 bits per heavy atom. The van der Waals surface area contributed by atoms with Gasteiger partial charge in [0, 0.05) is 6.20 Å². The molecule has 21 heavy (non-hydrogen) atoms. The third-order valence-corrected chi connectivity index (χ3v) is 3.45. The summed E-state index contributed by atoms with van der Waals surface area (Å²) in [6, 6.07) is 5.56. The van der Waals surface area contributed by atoms with Crippen molar-refractivity contribution in [1.29, 1.82) is 0 Å². The van der Waals surface area contributed by atoms with Crippen molar-refractivity contribution in [3.05, 3.63) is 59.8 Å². The van der Waals surface area contributed by atoms with Crippen molar-refractivity contribution in [2.24, 2.45) is 5.10 Å². The van der Waals surface area contributed by atoms with Crippen LogP contribution in [0, 0.1) is 0 Å². The second kappa shape index (κ2) is 11.0. The van der Waals surface area contributed by atoms with E-state index in [9.17, 15) is 0 Å². The van der Waals surface area contributed by atoms with E-state index in [0.717, 1.165) is 11.4 Å². The molecule has 1 aromatic heterocycles. The number of hydrazone groups is 1. The summed E-state index contributed by atoms with van der Waals surface area (Å²) in [7, 11) is 0. The van der Waals surface area contributed by atoms with Gasteiger partial charge in [-0.15, -0.1) is 0 Å². The predicted octanol–water partition coefficient (Wildman–Crippen LogP) is 3.69. The van der Waals surface area contributed by atoms with Gasteiger partial charge in [-0.1, -0.05) is 54.3 Å². The molecule has 0 fully saturated rings. The molecule has 0 radical (unpaired) electrons. The second-order valence-electron chi connectivity index (χ2n) is 3.64. The molecule has 0 bridgehead atoms. The van der Waals surface area contributed by atoms with Gasteiger partial charge in [0.05, 0.1) is 11.4 Å². The zero-order chi connectivity index (χ0) is 15.5. The van der Waals surface area contributed by atoms with Crippen molar-refractivity contribution < 1.29 is 14.2 Å². The van der Waals surface area contributed by atoms with Crippen molar-refractivity contribution in [2.75, 3.05) is 6.26 Å². The molecule has 4 nitrogen and oxygen atoms in total. The summed E-state index contributed by atoms with van der Waals surface area (Å²) in [5, 5.41) is 8.73. The first-order chi connectivity index (χ1) is 10.3. The molecule has 8 heteroatoms. The molecule has 1 N–H and O–H groups in total. The Hall–Kier alpha value is -0.661. The monoisotopic (exact) mass is 431 g/mol. The molecular formula is C13H13BrCuN4S2. The molecule has 115 valence electrons. The number of allylic oxidation sites excluding steroid dienone is 2. The summed E-state index contributed by atoms with van der Waals surface area (Å²) < 4.78 is 0.615. The van der Waals surface area contributed by atoms with Crippen LogP contribution in [0.25, 0.3) is 5.32 Å². The SMILES string of the molecule is CSC(=S)N/N=C(\c1ccccn1)C1C=CC=C[N-]1.[Cu+][Br]. The maximum absolute atomic E-state index is 5.09. The van der Waals surface area contributed by atoms with Crippen LogP contribution in [0.15, 0.2) is 53.9 Å². The Morgan fingerprint density at radius 2 is 2.29 bits per heavy atom. The van der Waals surface area contributed by atoms with Gasteiger partial charge in [0.1, 0.15) is 0 Å². The number of thiocarbonyl (C=S) groups is 1. The topological polar surface area (TPSA) is 51.4 Å². The van der Waals surface area contributed by atoms with Gasteiger partial charge in [0.15, 0.2) is 4.32 Å². The predicted molar refractivity (Wildman–Crippen MR) is 94.4 cm³/mol. The summed E-state index contributed by atoms with van der Waals surface area (Å²) in [6.07, 6.45) is 11.2. The summed E-state index contributed by atoms with van der Waals surface area (Å²) in [4.78, 5) is 4.32. The molecule has 0 saturated carbocycles. The average Bonchev–Trinajstić information content (AvgIpc) is 2.58. The number of pyridine rings is 1. The second-order valence-corrected chi connectivity index (χ2v) is 5.12. The number of nitrogens with zero attached hydrogens (tertiary/aromatic N) is 3. The summed E-state index contributed by atoms with van der Waals surface area (Å²) in [6.45, 7) is 0. The van der Waals surface area contributed by atoms with Crippen LogP contribution in [0.3, 0.4) is 0 Å². The van der Waals surface area contributed by atoms with E-state index < -0.39 is 0 Å². The van der Waals surface area contributed by atoms with Gasteiger partial charge < -0.3 is 5.32 Å². The van der Waals surface area contributed by atoms with Crippen molar-refractivity contribution in [2.45, 2.75) is 6.04 Å². The molecule has 1 aromatic rings. The summed E-state index contributed by atoms with van der Waals surface area (Å²) >= 11 is 13.0. The third kappa shape index (κ3) is 6.32. The van der Waals surface area contributed by atoms with Crippen LogP contribution in [-0.4, -0.2) is 27.3 Å². The van der Waals surface area contributed by atoms with E-state index in [2.05, 4.69) is 49.1 Å². The van der Waals surface area contributed by atoms with Crippen LogP contribution in [0.4, 0.5) is 0 Å². The number of aromatic nitrogens is 1. The minimum atomic E-state index is -0.142. The molecule has 1 aliphatic heterocycles. The summed E-state index contributed by atoms with van der Waals surface area (Å²) in [5.41, 5.74) is 4.39. The fourth-order valence-electron chi connectivity index (χ4n) is 1.51. The molecule has 0 aromatic carbocycles. The van der Waals surface area contributed by atoms with Crippen LogP contribution in [0.2, 0.25) is 0 Å². The fraction of sp³-hybridized carbons (Fsp3) is 0.154. The molecule has 0 amide bonds. The first-order valence-electron chi connectivity index (χ1n) is 5.79. The summed E-state index contributed by atoms with van der Waals surface area (Å²) in [5.74, 6) is 0. The quantitative estimate of drug-likeness (QED) is 0.342. The van der Waals surface area contributed by atoms with Crippen molar-refractivity contribution in [3.63, 3.8) is 0 Å². The third-order valence-electron chi connectivity index (χ3n) is 2.40. The number of thioether (sulfide) groups is 1. The van der Waals surface area contributed by atoms with Gasteiger partial charge in [-0.25, -0.2) is 0 Å². The Kier molecular flexibility index (Phi) is 9.61. The van der Waals surface area contributed by atoms with Gasteiger partial charge in [-0.3, -0.25) is 10.4 Å². The molecule has 2 heterocycles. The molecule has 1 atom stereocenters. The van der Waals surface area contributed by atoms with Crippen LogP contribution in [-0.2, 0) is 14.2 Å². The van der Waals surface area contributed by atoms with E-state index >= 15 is 0 Å². The van der Waals surface area contributed by atoms with E-state index in [4.69, 9.17) is 12.2 Å². The molecule has 2 rings (SSSR count). The zero-order valence-electron chi connectivity index (χ0n) is 11.0. The number of hydrogen-bond acceptors (Lipinski definition) is 4. The van der Waals surface area contributed by atoms with E-state index in [1.165, 1.54) is 11.8 Å². The van der Waals surface area contributed by atoms with E-state index in [1.807, 2.05) is 42.7 Å². The Morgan fingerprint density at radius 1 is 1.48 bits per heavy atom. The van der Waals surface area contributed by atoms with Crippen LogP contribution >= 0.6 is 38.1 Å². The van der Waals surface area contributed by atoms with Gasteiger partial charge in [-0.2, -0.15) is 11.3 Å². The first-order valence-corrected chi connectivity index (χ1v) is 9.75. The molecule has 0 aliphatic carbocycles. The molecule has 1 aliphatic rings. The first kappa shape index (κ1) is 18.4. The molecule has 0 spiro atoms. The van der Waals surface area contributed by atoms with E-state index in [-0.39, 0.29) is 6.04 Å². The van der Waals surface area contributed by atoms with Gasteiger partial charge >= 0.3 is 28.3 Å². The minimum absolute atomic E-state index is 0.142. The zero-order valence-corrected chi connectivity index (χ0v) is 15.2. The number of hydrogen-bond donors (Lipinski definition) is 1. The van der Waals surface area contributed by atoms with Crippen molar-refractivity contribution >= 4 is 48.1 Å². The molecular weight excluding hydrogens is 420 g/mol. The molecule has 1 unspecified atom stereocenters. The van der Waals surface area contributed by atoms with Crippen LogP contribution in [0.1, 0.15) is 5.69 Å². The molecule has 0 saturated heterocycles. The normalized spacial score (nSPS) is 16.6. The van der Waals surface area contributed by atoms with Crippen LogP contribution in [0.5, 0.6) is 0 Å². The standard InChI is InChI=1S/C13H13N4S2.BrH.Cu/c1-19-13(18)17-16-12(10-6-2-4-8-14-10)11-7-3-5-9-15-11;;/h2-10H,1H3,(H,15,17,18);1H;/q-1;;+2/p-1. The van der Waals surface area contributed by atoms with Gasteiger partial charge in [-0.05, 0) is 18.4 Å². The number of rotatable bonds is 3. The number of halogens is 1. The van der Waals surface area contributed by atoms with Crippen molar-refractivity contribution in [3.8, 4) is 0 Å². The number of nitrogens with one attached hydrogen (secondary N) is 1. The van der Waals surface area contributed by atoms with Crippen LogP contribution < -0.4 is 5.43 Å². The average molecular weight is 433 g/mol. The Labute approximate surface area is 149 Å². The fourth-order valence-corrected chi connectivity index (χ4v) is 1.70. The van der Waals surface area contributed by atoms with Crippen molar-refractivity contribution in [1.82, 2.24) is 10.4 Å².